The van der Waals surface area contributed by atoms with E-state index in [1.807, 2.05) is 6.92 Å². The largest absolute Gasteiger partial charge is 0.294 e. The molecule has 0 bridgehead atoms. The van der Waals surface area contributed by atoms with Crippen molar-refractivity contribution < 1.29 is 4.79 Å². The summed E-state index contributed by atoms with van der Waals surface area (Å²) < 4.78 is 0. The van der Waals surface area contributed by atoms with E-state index >= 15 is 0 Å². The Morgan fingerprint density at radius 3 is 2.10 bits per heavy atom. The maximum absolute atomic E-state index is 11.3. The van der Waals surface area contributed by atoms with E-state index in [1.54, 1.807) is 0 Å². The molecule has 0 amide bonds. The summed E-state index contributed by atoms with van der Waals surface area (Å²) in [5.74, 6) is 0.808. The van der Waals surface area contributed by atoms with Gasteiger partial charge in [-0.2, -0.15) is 0 Å². The summed E-state index contributed by atoms with van der Waals surface area (Å²) in [7, 11) is 0. The van der Waals surface area contributed by atoms with E-state index in [9.17, 15) is 4.79 Å². The van der Waals surface area contributed by atoms with Gasteiger partial charge < -0.3 is 0 Å². The van der Waals surface area contributed by atoms with Crippen molar-refractivity contribution in [2.24, 2.45) is 0 Å². The third-order valence-corrected chi connectivity index (χ3v) is 3.81. The molecule has 0 aliphatic carbocycles. The van der Waals surface area contributed by atoms with Crippen molar-refractivity contribution in [3.8, 4) is 0 Å². The van der Waals surface area contributed by atoms with Gasteiger partial charge in [0, 0.05) is 6.42 Å². The van der Waals surface area contributed by atoms with Crippen molar-refractivity contribution >= 4 is 5.78 Å². The van der Waals surface area contributed by atoms with Crippen LogP contribution < -0.4 is 0 Å². The number of hydrogen-bond donors (Lipinski definition) is 0. The summed E-state index contributed by atoms with van der Waals surface area (Å²) in [5, 5.41) is 0. The van der Waals surface area contributed by atoms with Crippen LogP contribution in [0, 0.1) is 13.1 Å². The second kappa shape index (κ2) is 10.5. The Morgan fingerprint density at radius 1 is 1.00 bits per heavy atom. The molecule has 3 heteroatoms. The Hall–Kier alpha value is -1.25. The van der Waals surface area contributed by atoms with Gasteiger partial charge in [-0.1, -0.05) is 58.3 Å². The van der Waals surface area contributed by atoms with Crippen LogP contribution in [0.1, 0.15) is 93.5 Å². The van der Waals surface area contributed by atoms with Crippen molar-refractivity contribution in [1.29, 1.82) is 0 Å². The van der Waals surface area contributed by atoms with E-state index in [0.29, 0.717) is 5.56 Å². The lowest BCUT2D eigenvalue weighted by molar-refractivity contribution is 0.101. The van der Waals surface area contributed by atoms with Gasteiger partial charge in [-0.05, 0) is 20.3 Å². The Morgan fingerprint density at radius 2 is 1.57 bits per heavy atom. The number of carbonyl (C=O) groups is 1. The molecule has 0 aliphatic heterocycles. The molecule has 1 rings (SSSR count). The van der Waals surface area contributed by atoms with E-state index in [-0.39, 0.29) is 5.78 Å². The molecule has 21 heavy (non-hydrogen) atoms. The van der Waals surface area contributed by atoms with Crippen LogP contribution >= 0.6 is 0 Å². The zero-order valence-electron chi connectivity index (χ0n) is 13.9. The zero-order valence-corrected chi connectivity index (χ0v) is 13.9. The Labute approximate surface area is 129 Å². The summed E-state index contributed by atoms with van der Waals surface area (Å²) in [6, 6.07) is 0. The van der Waals surface area contributed by atoms with Crippen LogP contribution in [0.3, 0.4) is 0 Å². The van der Waals surface area contributed by atoms with Crippen LogP contribution in [0.15, 0.2) is 0 Å². The fraction of sp³-hybridized carbons (Fsp3) is 0.722. The number of aryl methyl sites for hydroxylation is 2. The lowest BCUT2D eigenvalue weighted by Gasteiger charge is -2.04. The third-order valence-electron chi connectivity index (χ3n) is 3.81. The van der Waals surface area contributed by atoms with Crippen LogP contribution in [0.2, 0.25) is 0 Å². The molecule has 0 aromatic carbocycles. The Bertz CT molecular complexity index is 429. The van der Waals surface area contributed by atoms with E-state index in [2.05, 4.69) is 23.1 Å². The lowest BCUT2D eigenvalue weighted by atomic mass is 10.1. The van der Waals surface area contributed by atoms with E-state index < -0.39 is 0 Å². The monoisotopic (exact) mass is 289 g/mol. The lowest BCUT2D eigenvalue weighted by Crippen LogP contribution is -2.05. The minimum atomic E-state index is -0.0119. The highest BCUT2D eigenvalue weighted by atomic mass is 16.1. The average Bonchev–Trinajstić information content (AvgIpc) is 2.45. The summed E-state index contributed by atoms with van der Waals surface area (Å²) in [6.07, 6.45) is 15.6. The van der Waals surface area contributed by atoms with Gasteiger partial charge >= 0.3 is 0 Å². The SMILES string of the molecule is CCCCCCCCCCCc1n[c]c(C(C)=O)c(C)n1. The van der Waals surface area contributed by atoms with Crippen molar-refractivity contribution in [2.75, 3.05) is 0 Å². The standard InChI is InChI=1S/C18H29N2O/c1-4-5-6-7-8-9-10-11-12-13-18-19-14-17(16(3)21)15(2)20-18/h4-13H2,1-3H3. The summed E-state index contributed by atoms with van der Waals surface area (Å²) >= 11 is 0. The second-order valence-electron chi connectivity index (χ2n) is 5.85. The first-order chi connectivity index (χ1) is 10.1. The van der Waals surface area contributed by atoms with Gasteiger partial charge in [-0.3, -0.25) is 4.79 Å². The minimum Gasteiger partial charge on any atom is -0.294 e. The number of Topliss-reactive ketones (excluding diaryl/α,β-unsaturated/α-hetero) is 1. The fourth-order valence-electron chi connectivity index (χ4n) is 2.51. The number of rotatable bonds is 11. The zero-order chi connectivity index (χ0) is 15.5. The molecule has 0 spiro atoms. The Balaban J connectivity index is 2.13. The Kier molecular flexibility index (Phi) is 8.88. The van der Waals surface area contributed by atoms with E-state index in [1.165, 1.54) is 58.3 Å². The number of ketones is 1. The van der Waals surface area contributed by atoms with Crippen LogP contribution in [0.25, 0.3) is 0 Å². The molecule has 0 saturated carbocycles. The number of hydrogen-bond acceptors (Lipinski definition) is 3. The second-order valence-corrected chi connectivity index (χ2v) is 5.85. The smallest absolute Gasteiger partial charge is 0.163 e. The highest BCUT2D eigenvalue weighted by Gasteiger charge is 2.07. The van der Waals surface area contributed by atoms with Crippen LogP contribution in [-0.2, 0) is 6.42 Å². The highest BCUT2D eigenvalue weighted by Crippen LogP contribution is 2.11. The first-order valence-corrected chi connectivity index (χ1v) is 8.41. The molecular formula is C18H29N2O. The molecule has 0 aliphatic rings. The normalized spacial score (nSPS) is 10.8. The molecule has 1 aromatic rings. The number of unbranched alkanes of at least 4 members (excludes halogenated alkanes) is 8. The number of aromatic nitrogens is 2. The third kappa shape index (κ3) is 7.35. The van der Waals surface area contributed by atoms with Crippen LogP contribution in [0.5, 0.6) is 0 Å². The number of nitrogens with zero attached hydrogens (tertiary/aromatic N) is 2. The first-order valence-electron chi connectivity index (χ1n) is 8.41. The van der Waals surface area contributed by atoms with Gasteiger partial charge in [0.25, 0.3) is 0 Å². The summed E-state index contributed by atoms with van der Waals surface area (Å²) in [4.78, 5) is 19.9. The van der Waals surface area contributed by atoms with Crippen molar-refractivity contribution in [2.45, 2.75) is 85.0 Å². The van der Waals surface area contributed by atoms with Gasteiger partial charge in [0.15, 0.2) is 5.78 Å². The molecule has 0 saturated heterocycles. The first kappa shape index (κ1) is 17.8. The minimum absolute atomic E-state index is 0.0119. The molecule has 1 radical (unpaired) electrons. The van der Waals surface area contributed by atoms with Gasteiger partial charge in [0.2, 0.25) is 0 Å². The molecule has 0 unspecified atom stereocenters. The molecule has 1 heterocycles. The van der Waals surface area contributed by atoms with Crippen LogP contribution in [-0.4, -0.2) is 15.8 Å². The molecular weight excluding hydrogens is 260 g/mol. The van der Waals surface area contributed by atoms with E-state index in [4.69, 9.17) is 0 Å². The summed E-state index contributed by atoms with van der Waals surface area (Å²) in [6.45, 7) is 5.64. The van der Waals surface area contributed by atoms with Gasteiger partial charge in [0.1, 0.15) is 12.0 Å². The topological polar surface area (TPSA) is 42.9 Å². The van der Waals surface area contributed by atoms with Gasteiger partial charge in [-0.15, -0.1) is 0 Å². The molecule has 3 nitrogen and oxygen atoms in total. The molecule has 0 atom stereocenters. The molecule has 1 aromatic heterocycles. The maximum Gasteiger partial charge on any atom is 0.163 e. The molecule has 117 valence electrons. The molecule has 0 N–H and O–H groups in total. The van der Waals surface area contributed by atoms with Crippen molar-refractivity contribution in [1.82, 2.24) is 9.97 Å². The quantitative estimate of drug-likeness (QED) is 0.431. The number of carbonyl (C=O) groups excluding carboxylic acids is 1. The average molecular weight is 289 g/mol. The van der Waals surface area contributed by atoms with Gasteiger partial charge in [-0.25, -0.2) is 9.97 Å². The van der Waals surface area contributed by atoms with Crippen molar-refractivity contribution in [3.63, 3.8) is 0 Å². The maximum atomic E-state index is 11.3. The van der Waals surface area contributed by atoms with Crippen molar-refractivity contribution in [3.05, 3.63) is 23.3 Å². The highest BCUT2D eigenvalue weighted by molar-refractivity contribution is 5.94. The van der Waals surface area contributed by atoms with Crippen LogP contribution in [0.4, 0.5) is 0 Å². The fourth-order valence-corrected chi connectivity index (χ4v) is 2.51. The predicted octanol–water partition coefficient (Wildman–Crippen LogP) is 4.86. The molecule has 0 fully saturated rings. The predicted molar refractivity (Wildman–Crippen MR) is 86.5 cm³/mol. The van der Waals surface area contributed by atoms with E-state index in [0.717, 1.165) is 24.4 Å². The van der Waals surface area contributed by atoms with Gasteiger partial charge in [0.05, 0.1) is 11.3 Å². The summed E-state index contributed by atoms with van der Waals surface area (Å²) in [5.41, 5.74) is 1.27.